The SMILES string of the molecule is CCOC(=O)c1nc(C(=O)OCC)c2c3ccccc3n(C)c2n1. The molecule has 0 saturated carbocycles. The lowest BCUT2D eigenvalue weighted by molar-refractivity contribution is 0.0507. The highest BCUT2D eigenvalue weighted by atomic mass is 16.5. The van der Waals surface area contributed by atoms with E-state index < -0.39 is 11.9 Å². The Morgan fingerprint density at radius 2 is 1.71 bits per heavy atom. The van der Waals surface area contributed by atoms with E-state index in [0.29, 0.717) is 11.0 Å². The van der Waals surface area contributed by atoms with Crippen LogP contribution in [0.2, 0.25) is 0 Å². The van der Waals surface area contributed by atoms with Gasteiger partial charge in [0.05, 0.1) is 24.1 Å². The molecule has 0 aliphatic heterocycles. The lowest BCUT2D eigenvalue weighted by Gasteiger charge is -2.06. The summed E-state index contributed by atoms with van der Waals surface area (Å²) in [5.74, 6) is -1.42. The van der Waals surface area contributed by atoms with Crippen LogP contribution in [0.25, 0.3) is 21.9 Å². The summed E-state index contributed by atoms with van der Waals surface area (Å²) >= 11 is 0. The molecule has 0 aliphatic carbocycles. The molecule has 0 saturated heterocycles. The Kier molecular flexibility index (Phi) is 4.16. The second-order valence-electron chi connectivity index (χ2n) is 5.11. The maximum Gasteiger partial charge on any atom is 0.376 e. The number of hydrogen-bond acceptors (Lipinski definition) is 6. The number of esters is 2. The molecule has 7 heteroatoms. The molecule has 0 atom stereocenters. The normalized spacial score (nSPS) is 11.0. The number of carbonyl (C=O) groups is 2. The summed E-state index contributed by atoms with van der Waals surface area (Å²) in [7, 11) is 1.82. The highest BCUT2D eigenvalue weighted by Crippen LogP contribution is 2.29. The summed E-state index contributed by atoms with van der Waals surface area (Å²) in [6, 6.07) is 7.56. The van der Waals surface area contributed by atoms with Crippen molar-refractivity contribution in [1.29, 1.82) is 0 Å². The number of aromatic nitrogens is 3. The van der Waals surface area contributed by atoms with E-state index in [1.165, 1.54) is 0 Å². The number of nitrogens with zero attached hydrogens (tertiary/aromatic N) is 3. The van der Waals surface area contributed by atoms with Crippen molar-refractivity contribution in [3.05, 3.63) is 35.8 Å². The van der Waals surface area contributed by atoms with Gasteiger partial charge in [0, 0.05) is 12.4 Å². The van der Waals surface area contributed by atoms with Crippen LogP contribution in [0.1, 0.15) is 35.0 Å². The molecule has 3 aromatic rings. The minimum atomic E-state index is -0.671. The molecule has 0 N–H and O–H groups in total. The van der Waals surface area contributed by atoms with E-state index in [4.69, 9.17) is 9.47 Å². The molecule has 24 heavy (non-hydrogen) atoms. The zero-order valence-corrected chi connectivity index (χ0v) is 13.7. The molecule has 0 fully saturated rings. The number of hydrogen-bond donors (Lipinski definition) is 0. The standard InChI is InChI=1S/C17H17N3O4/c1-4-23-16(21)13-12-10-8-6-7-9-11(10)20(3)15(12)19-14(18-13)17(22)24-5-2/h6-9H,4-5H2,1-3H3. The number of carbonyl (C=O) groups excluding carboxylic acids is 2. The Bertz CT molecular complexity index is 946. The fraction of sp³-hybridized carbons (Fsp3) is 0.294. The lowest BCUT2D eigenvalue weighted by Crippen LogP contribution is -2.16. The van der Waals surface area contributed by atoms with E-state index >= 15 is 0 Å². The Balaban J connectivity index is 2.36. The molecule has 0 amide bonds. The highest BCUT2D eigenvalue weighted by molar-refractivity contribution is 6.15. The predicted molar refractivity (Wildman–Crippen MR) is 87.9 cm³/mol. The molecule has 0 spiro atoms. The van der Waals surface area contributed by atoms with Gasteiger partial charge < -0.3 is 14.0 Å². The van der Waals surface area contributed by atoms with Gasteiger partial charge >= 0.3 is 11.9 Å². The van der Waals surface area contributed by atoms with Crippen LogP contribution >= 0.6 is 0 Å². The quantitative estimate of drug-likeness (QED) is 0.685. The van der Waals surface area contributed by atoms with Crippen LogP contribution in [-0.4, -0.2) is 39.7 Å². The summed E-state index contributed by atoms with van der Waals surface area (Å²) in [6.07, 6.45) is 0. The van der Waals surface area contributed by atoms with E-state index in [-0.39, 0.29) is 24.7 Å². The van der Waals surface area contributed by atoms with Crippen molar-refractivity contribution in [2.75, 3.05) is 13.2 Å². The first kappa shape index (κ1) is 15.9. The average Bonchev–Trinajstić information content (AvgIpc) is 2.88. The number of ether oxygens (including phenoxy) is 2. The number of fused-ring (bicyclic) bond motifs is 3. The van der Waals surface area contributed by atoms with Crippen LogP contribution < -0.4 is 0 Å². The summed E-state index contributed by atoms with van der Waals surface area (Å²) in [6.45, 7) is 3.82. The first-order valence-electron chi connectivity index (χ1n) is 7.67. The minimum Gasteiger partial charge on any atom is -0.461 e. The fourth-order valence-corrected chi connectivity index (χ4v) is 2.67. The van der Waals surface area contributed by atoms with Crippen LogP contribution in [0.5, 0.6) is 0 Å². The Morgan fingerprint density at radius 1 is 1.04 bits per heavy atom. The van der Waals surface area contributed by atoms with E-state index in [0.717, 1.165) is 10.9 Å². The number of benzene rings is 1. The molecule has 3 rings (SSSR count). The molecule has 0 radical (unpaired) electrons. The second kappa shape index (κ2) is 6.27. The van der Waals surface area contributed by atoms with Gasteiger partial charge in [0.1, 0.15) is 5.65 Å². The van der Waals surface area contributed by atoms with Crippen molar-refractivity contribution >= 4 is 33.9 Å². The largest absolute Gasteiger partial charge is 0.461 e. The third kappa shape index (κ3) is 2.47. The van der Waals surface area contributed by atoms with Crippen molar-refractivity contribution in [3.8, 4) is 0 Å². The van der Waals surface area contributed by atoms with Gasteiger partial charge in [-0.1, -0.05) is 18.2 Å². The maximum atomic E-state index is 12.4. The Hall–Kier alpha value is -2.96. The van der Waals surface area contributed by atoms with Crippen molar-refractivity contribution < 1.29 is 19.1 Å². The van der Waals surface area contributed by atoms with Crippen LogP contribution in [-0.2, 0) is 16.5 Å². The Morgan fingerprint density at radius 3 is 2.42 bits per heavy atom. The molecule has 2 aromatic heterocycles. The molecule has 1 aromatic carbocycles. The smallest absolute Gasteiger partial charge is 0.376 e. The number of para-hydroxylation sites is 1. The predicted octanol–water partition coefficient (Wildman–Crippen LogP) is 2.47. The van der Waals surface area contributed by atoms with Gasteiger partial charge in [-0.2, -0.15) is 0 Å². The van der Waals surface area contributed by atoms with Gasteiger partial charge in [0.25, 0.3) is 0 Å². The third-order valence-electron chi connectivity index (χ3n) is 3.67. The van der Waals surface area contributed by atoms with Gasteiger partial charge in [0.15, 0.2) is 5.69 Å². The van der Waals surface area contributed by atoms with E-state index in [2.05, 4.69) is 9.97 Å². The zero-order valence-electron chi connectivity index (χ0n) is 13.7. The minimum absolute atomic E-state index is 0.0710. The molecular formula is C17H17N3O4. The average molecular weight is 327 g/mol. The summed E-state index contributed by atoms with van der Waals surface area (Å²) in [5, 5.41) is 1.40. The molecule has 2 heterocycles. The first-order valence-corrected chi connectivity index (χ1v) is 7.67. The van der Waals surface area contributed by atoms with Crippen molar-refractivity contribution in [2.24, 2.45) is 7.05 Å². The number of rotatable bonds is 4. The van der Waals surface area contributed by atoms with Crippen LogP contribution in [0.15, 0.2) is 24.3 Å². The van der Waals surface area contributed by atoms with E-state index in [1.807, 2.05) is 35.9 Å². The molecule has 124 valence electrons. The van der Waals surface area contributed by atoms with E-state index in [9.17, 15) is 9.59 Å². The van der Waals surface area contributed by atoms with Gasteiger partial charge in [-0.25, -0.2) is 19.6 Å². The van der Waals surface area contributed by atoms with Gasteiger partial charge in [-0.05, 0) is 19.9 Å². The monoisotopic (exact) mass is 327 g/mol. The highest BCUT2D eigenvalue weighted by Gasteiger charge is 2.24. The first-order chi connectivity index (χ1) is 11.6. The van der Waals surface area contributed by atoms with Crippen molar-refractivity contribution in [2.45, 2.75) is 13.8 Å². The van der Waals surface area contributed by atoms with Gasteiger partial charge in [0.2, 0.25) is 5.82 Å². The van der Waals surface area contributed by atoms with Gasteiger partial charge in [-0.15, -0.1) is 0 Å². The zero-order chi connectivity index (χ0) is 17.3. The molecule has 7 nitrogen and oxygen atoms in total. The van der Waals surface area contributed by atoms with Crippen LogP contribution in [0, 0.1) is 0 Å². The summed E-state index contributed by atoms with van der Waals surface area (Å²) in [4.78, 5) is 32.8. The molecule has 0 unspecified atom stereocenters. The number of aryl methyl sites for hydroxylation is 1. The molecule has 0 bridgehead atoms. The second-order valence-corrected chi connectivity index (χ2v) is 5.11. The Labute approximate surface area is 138 Å². The molecular weight excluding hydrogens is 310 g/mol. The summed E-state index contributed by atoms with van der Waals surface area (Å²) < 4.78 is 11.9. The third-order valence-corrected chi connectivity index (χ3v) is 3.67. The molecule has 0 aliphatic rings. The van der Waals surface area contributed by atoms with Crippen LogP contribution in [0.3, 0.4) is 0 Å². The van der Waals surface area contributed by atoms with E-state index in [1.54, 1.807) is 13.8 Å². The van der Waals surface area contributed by atoms with Crippen LogP contribution in [0.4, 0.5) is 0 Å². The topological polar surface area (TPSA) is 83.3 Å². The fourth-order valence-electron chi connectivity index (χ4n) is 2.67. The maximum absolute atomic E-state index is 12.4. The van der Waals surface area contributed by atoms with Crippen molar-refractivity contribution in [3.63, 3.8) is 0 Å². The van der Waals surface area contributed by atoms with Crippen molar-refractivity contribution in [1.82, 2.24) is 14.5 Å². The summed E-state index contributed by atoms with van der Waals surface area (Å²) in [5.41, 5.74) is 1.44. The lowest BCUT2D eigenvalue weighted by atomic mass is 10.1. The van der Waals surface area contributed by atoms with Gasteiger partial charge in [-0.3, -0.25) is 0 Å².